The van der Waals surface area contributed by atoms with Crippen LogP contribution in [0.25, 0.3) is 0 Å². The van der Waals surface area contributed by atoms with Crippen molar-refractivity contribution in [2.24, 2.45) is 0 Å². The van der Waals surface area contributed by atoms with Crippen LogP contribution in [0.3, 0.4) is 0 Å². The highest BCUT2D eigenvalue weighted by Gasteiger charge is 2.03. The summed E-state index contributed by atoms with van der Waals surface area (Å²) in [6, 6.07) is 3.07. The second-order valence-electron chi connectivity index (χ2n) is 3.24. The molecule has 0 spiro atoms. The summed E-state index contributed by atoms with van der Waals surface area (Å²) < 4.78 is 5.39. The lowest BCUT2D eigenvalue weighted by Crippen LogP contribution is -2.01. The van der Waals surface area contributed by atoms with Crippen molar-refractivity contribution >= 4 is 5.97 Å². The van der Waals surface area contributed by atoms with E-state index in [4.69, 9.17) is 9.84 Å². The Bertz CT molecular complexity index is 308. The van der Waals surface area contributed by atoms with Crippen LogP contribution in [0, 0.1) is 0 Å². The van der Waals surface area contributed by atoms with E-state index in [0.29, 0.717) is 12.4 Å². The summed E-state index contributed by atoms with van der Waals surface area (Å²) in [5.74, 6) is -0.399. The zero-order valence-electron chi connectivity index (χ0n) is 8.77. The zero-order chi connectivity index (χ0) is 11.1. The molecular formula is C11H15NO3. The van der Waals surface area contributed by atoms with Gasteiger partial charge in [-0.25, -0.2) is 9.78 Å². The zero-order valence-corrected chi connectivity index (χ0v) is 8.77. The van der Waals surface area contributed by atoms with Crippen LogP contribution in [0.4, 0.5) is 0 Å². The van der Waals surface area contributed by atoms with Gasteiger partial charge in [0, 0.05) is 0 Å². The number of hydrogen-bond donors (Lipinski definition) is 1. The van der Waals surface area contributed by atoms with Crippen molar-refractivity contribution < 1.29 is 14.6 Å². The quantitative estimate of drug-likeness (QED) is 0.730. The molecule has 0 fully saturated rings. The smallest absolute Gasteiger partial charge is 0.354 e. The maximum atomic E-state index is 10.5. The number of hydrogen-bond acceptors (Lipinski definition) is 3. The molecule has 0 unspecified atom stereocenters. The number of carboxylic acids is 1. The van der Waals surface area contributed by atoms with Crippen molar-refractivity contribution in [2.45, 2.75) is 26.2 Å². The maximum Gasteiger partial charge on any atom is 0.354 e. The van der Waals surface area contributed by atoms with E-state index in [1.165, 1.54) is 12.3 Å². The fourth-order valence-corrected chi connectivity index (χ4v) is 1.13. The number of unbranched alkanes of at least 4 members (excludes halogenated alkanes) is 2. The maximum absolute atomic E-state index is 10.5. The molecule has 0 aliphatic rings. The van der Waals surface area contributed by atoms with Gasteiger partial charge in [0.2, 0.25) is 0 Å². The van der Waals surface area contributed by atoms with Crippen LogP contribution in [0.5, 0.6) is 5.75 Å². The highest BCUT2D eigenvalue weighted by Crippen LogP contribution is 2.09. The molecule has 0 radical (unpaired) electrons. The molecule has 1 aromatic heterocycles. The summed E-state index contributed by atoms with van der Waals surface area (Å²) in [5.41, 5.74) is 0.0379. The van der Waals surface area contributed by atoms with Gasteiger partial charge in [0.05, 0.1) is 12.8 Å². The SMILES string of the molecule is CCCCCOc1ccc(C(=O)O)nc1. The minimum Gasteiger partial charge on any atom is -0.492 e. The molecule has 0 bridgehead atoms. The summed E-state index contributed by atoms with van der Waals surface area (Å²) in [4.78, 5) is 14.3. The number of ether oxygens (including phenoxy) is 1. The van der Waals surface area contributed by atoms with E-state index in [0.717, 1.165) is 19.3 Å². The molecule has 0 amide bonds. The van der Waals surface area contributed by atoms with Crippen molar-refractivity contribution in [1.29, 1.82) is 0 Å². The van der Waals surface area contributed by atoms with E-state index in [1.54, 1.807) is 6.07 Å². The predicted molar refractivity (Wildman–Crippen MR) is 56.2 cm³/mol. The molecule has 15 heavy (non-hydrogen) atoms. The summed E-state index contributed by atoms with van der Waals surface area (Å²) in [6.45, 7) is 2.78. The first-order valence-corrected chi connectivity index (χ1v) is 5.06. The summed E-state index contributed by atoms with van der Waals surface area (Å²) >= 11 is 0. The Hall–Kier alpha value is -1.58. The van der Waals surface area contributed by atoms with E-state index in [9.17, 15) is 4.79 Å². The highest BCUT2D eigenvalue weighted by atomic mass is 16.5. The van der Waals surface area contributed by atoms with Gasteiger partial charge in [0.15, 0.2) is 0 Å². The van der Waals surface area contributed by atoms with Crippen LogP contribution < -0.4 is 4.74 Å². The molecule has 0 atom stereocenters. The number of nitrogens with zero attached hydrogens (tertiary/aromatic N) is 1. The molecule has 0 aliphatic carbocycles. The molecule has 4 nitrogen and oxygen atoms in total. The Balaban J connectivity index is 2.39. The van der Waals surface area contributed by atoms with Crippen molar-refractivity contribution in [1.82, 2.24) is 4.98 Å². The van der Waals surface area contributed by atoms with E-state index in [1.807, 2.05) is 0 Å². The first-order valence-electron chi connectivity index (χ1n) is 5.06. The number of aromatic carboxylic acids is 1. The van der Waals surface area contributed by atoms with E-state index in [-0.39, 0.29) is 5.69 Å². The lowest BCUT2D eigenvalue weighted by molar-refractivity contribution is 0.0690. The van der Waals surface area contributed by atoms with Crippen LogP contribution in [0.2, 0.25) is 0 Å². The Morgan fingerprint density at radius 2 is 2.27 bits per heavy atom. The van der Waals surface area contributed by atoms with Gasteiger partial charge in [-0.3, -0.25) is 0 Å². The Labute approximate surface area is 88.9 Å². The lowest BCUT2D eigenvalue weighted by Gasteiger charge is -2.04. The fraction of sp³-hybridized carbons (Fsp3) is 0.455. The lowest BCUT2D eigenvalue weighted by atomic mass is 10.3. The monoisotopic (exact) mass is 209 g/mol. The van der Waals surface area contributed by atoms with Crippen molar-refractivity contribution in [3.8, 4) is 5.75 Å². The summed E-state index contributed by atoms with van der Waals surface area (Å²) in [5, 5.41) is 8.62. The second kappa shape index (κ2) is 6.01. The van der Waals surface area contributed by atoms with Gasteiger partial charge in [0.1, 0.15) is 11.4 Å². The predicted octanol–water partition coefficient (Wildman–Crippen LogP) is 2.35. The van der Waals surface area contributed by atoms with E-state index >= 15 is 0 Å². The molecule has 82 valence electrons. The van der Waals surface area contributed by atoms with Crippen LogP contribution in [-0.4, -0.2) is 22.7 Å². The third-order valence-electron chi connectivity index (χ3n) is 1.97. The van der Waals surface area contributed by atoms with Gasteiger partial charge in [-0.2, -0.15) is 0 Å². The average Bonchev–Trinajstić information content (AvgIpc) is 2.25. The van der Waals surface area contributed by atoms with Gasteiger partial charge in [0.25, 0.3) is 0 Å². The minimum absolute atomic E-state index is 0.0379. The topological polar surface area (TPSA) is 59.4 Å². The number of rotatable bonds is 6. The molecule has 1 N–H and O–H groups in total. The number of pyridine rings is 1. The van der Waals surface area contributed by atoms with Crippen LogP contribution in [0.15, 0.2) is 18.3 Å². The molecule has 1 heterocycles. The summed E-state index contributed by atoms with van der Waals surface area (Å²) in [6.07, 6.45) is 4.74. The Morgan fingerprint density at radius 3 is 2.80 bits per heavy atom. The molecule has 1 aromatic rings. The molecule has 0 aliphatic heterocycles. The van der Waals surface area contributed by atoms with Crippen LogP contribution >= 0.6 is 0 Å². The molecule has 0 saturated heterocycles. The number of aromatic nitrogens is 1. The van der Waals surface area contributed by atoms with Crippen LogP contribution in [0.1, 0.15) is 36.7 Å². The highest BCUT2D eigenvalue weighted by molar-refractivity contribution is 5.85. The van der Waals surface area contributed by atoms with Crippen LogP contribution in [-0.2, 0) is 0 Å². The number of carboxylic acid groups (broad SMARTS) is 1. The standard InChI is InChI=1S/C11H15NO3/c1-2-3-4-7-15-9-5-6-10(11(13)14)12-8-9/h5-6,8H,2-4,7H2,1H3,(H,13,14). The average molecular weight is 209 g/mol. The summed E-state index contributed by atoms with van der Waals surface area (Å²) in [7, 11) is 0. The molecule has 4 heteroatoms. The van der Waals surface area contributed by atoms with Crippen molar-refractivity contribution in [3.63, 3.8) is 0 Å². The van der Waals surface area contributed by atoms with Gasteiger partial charge in [-0.1, -0.05) is 19.8 Å². The normalized spacial score (nSPS) is 9.93. The first-order chi connectivity index (χ1) is 7.24. The molecule has 0 saturated carbocycles. The minimum atomic E-state index is -1.02. The Morgan fingerprint density at radius 1 is 1.47 bits per heavy atom. The van der Waals surface area contributed by atoms with Crippen molar-refractivity contribution in [2.75, 3.05) is 6.61 Å². The van der Waals surface area contributed by atoms with E-state index < -0.39 is 5.97 Å². The molecule has 1 rings (SSSR count). The second-order valence-corrected chi connectivity index (χ2v) is 3.24. The van der Waals surface area contributed by atoms with Crippen molar-refractivity contribution in [3.05, 3.63) is 24.0 Å². The van der Waals surface area contributed by atoms with Gasteiger partial charge in [-0.15, -0.1) is 0 Å². The molecular weight excluding hydrogens is 194 g/mol. The number of carbonyl (C=O) groups is 1. The largest absolute Gasteiger partial charge is 0.492 e. The fourth-order valence-electron chi connectivity index (χ4n) is 1.13. The Kier molecular flexibility index (Phi) is 4.60. The van der Waals surface area contributed by atoms with Gasteiger partial charge >= 0.3 is 5.97 Å². The third kappa shape index (κ3) is 3.97. The third-order valence-corrected chi connectivity index (χ3v) is 1.97. The molecule has 0 aromatic carbocycles. The first kappa shape index (κ1) is 11.5. The van der Waals surface area contributed by atoms with Gasteiger partial charge < -0.3 is 9.84 Å². The van der Waals surface area contributed by atoms with E-state index in [2.05, 4.69) is 11.9 Å². The van der Waals surface area contributed by atoms with Gasteiger partial charge in [-0.05, 0) is 18.6 Å².